The molecule has 14 heavy (non-hydrogen) atoms. The van der Waals surface area contributed by atoms with Crippen LogP contribution in [-0.4, -0.2) is 29.6 Å². The summed E-state index contributed by atoms with van der Waals surface area (Å²) in [5.41, 5.74) is 6.71. The highest BCUT2D eigenvalue weighted by atomic mass is 16.7. The van der Waals surface area contributed by atoms with Gasteiger partial charge in [-0.25, -0.2) is 19.9 Å². The van der Waals surface area contributed by atoms with E-state index in [1.165, 1.54) is 6.92 Å². The fourth-order valence-electron chi connectivity index (χ4n) is 0.647. The zero-order chi connectivity index (χ0) is 11.1. The highest BCUT2D eigenvalue weighted by Gasteiger charge is 2.13. The van der Waals surface area contributed by atoms with Crippen molar-refractivity contribution in [2.75, 3.05) is 6.61 Å². The first-order chi connectivity index (χ1) is 6.47. The molecule has 0 spiro atoms. The van der Waals surface area contributed by atoms with Gasteiger partial charge in [-0.1, -0.05) is 5.43 Å². The molecule has 0 aromatic rings. The zero-order valence-electron chi connectivity index (χ0n) is 7.89. The fourth-order valence-corrected chi connectivity index (χ4v) is 0.647. The fraction of sp³-hybridized carbons (Fsp3) is 0.667. The van der Waals surface area contributed by atoms with Crippen LogP contribution >= 0.6 is 0 Å². The van der Waals surface area contributed by atoms with Crippen LogP contribution in [0.25, 0.3) is 0 Å². The Morgan fingerprint density at radius 3 is 2.79 bits per heavy atom. The molecule has 0 fully saturated rings. The predicted octanol–water partition coefficient (Wildman–Crippen LogP) is -0.966. The van der Waals surface area contributed by atoms with Crippen molar-refractivity contribution in [3.63, 3.8) is 0 Å². The third-order valence-corrected chi connectivity index (χ3v) is 1.17. The largest absolute Gasteiger partial charge is 0.464 e. The highest BCUT2D eigenvalue weighted by Crippen LogP contribution is 1.92. The lowest BCUT2D eigenvalue weighted by Crippen LogP contribution is -2.38. The maximum absolute atomic E-state index is 11.0. The maximum Gasteiger partial charge on any atom is 0.330 e. The number of hydrogen-bond donors (Lipinski definition) is 2. The molecule has 3 N–H and O–H groups in total. The number of carbonyl (C=O) groups excluding carboxylic acids is 1. The number of hydrogen-bond acceptors (Lipinski definition) is 5. The van der Waals surface area contributed by atoms with Gasteiger partial charge in [0.2, 0.25) is 0 Å². The van der Waals surface area contributed by atoms with Gasteiger partial charge in [0.25, 0.3) is 5.96 Å². The van der Waals surface area contributed by atoms with Gasteiger partial charge >= 0.3 is 5.97 Å². The van der Waals surface area contributed by atoms with Crippen LogP contribution in [-0.2, 0) is 9.53 Å². The minimum absolute atomic E-state index is 0.223. The monoisotopic (exact) mass is 204 g/mol. The van der Waals surface area contributed by atoms with Crippen molar-refractivity contribution in [1.82, 2.24) is 5.43 Å². The van der Waals surface area contributed by atoms with Gasteiger partial charge in [0.15, 0.2) is 5.03 Å². The molecule has 0 aromatic heterocycles. The lowest BCUT2D eigenvalue weighted by Gasteiger charge is -2.05. The Morgan fingerprint density at radius 2 is 2.36 bits per heavy atom. The molecule has 8 nitrogen and oxygen atoms in total. The number of rotatable bonds is 4. The Kier molecular flexibility index (Phi) is 4.97. The first kappa shape index (κ1) is 12.1. The summed E-state index contributed by atoms with van der Waals surface area (Å²) in [7, 11) is 0. The Morgan fingerprint density at radius 1 is 1.79 bits per heavy atom. The number of nitrogens with zero attached hydrogens (tertiary/aromatic N) is 2. The molecular weight excluding hydrogens is 192 g/mol. The van der Waals surface area contributed by atoms with E-state index < -0.39 is 23.0 Å². The van der Waals surface area contributed by atoms with Crippen LogP contribution in [0.3, 0.4) is 0 Å². The Balaban J connectivity index is 4.19. The second-order valence-electron chi connectivity index (χ2n) is 2.31. The van der Waals surface area contributed by atoms with Gasteiger partial charge in [-0.05, 0) is 13.8 Å². The summed E-state index contributed by atoms with van der Waals surface area (Å²) >= 11 is 0. The summed E-state index contributed by atoms with van der Waals surface area (Å²) in [6.45, 7) is 3.29. The quantitative estimate of drug-likeness (QED) is 0.200. The smallest absolute Gasteiger partial charge is 0.330 e. The molecular formula is C6H12N4O4. The van der Waals surface area contributed by atoms with Crippen molar-refractivity contribution in [2.24, 2.45) is 10.7 Å². The Bertz CT molecular complexity index is 252. The summed E-state index contributed by atoms with van der Waals surface area (Å²) in [5, 5.41) is 9.04. The number of ether oxygens (including phenoxy) is 1. The van der Waals surface area contributed by atoms with Gasteiger partial charge < -0.3 is 10.5 Å². The number of nitro groups is 1. The van der Waals surface area contributed by atoms with Gasteiger partial charge in [0.1, 0.15) is 6.04 Å². The van der Waals surface area contributed by atoms with Crippen molar-refractivity contribution in [1.29, 1.82) is 0 Å². The molecule has 0 radical (unpaired) electrons. The van der Waals surface area contributed by atoms with E-state index in [9.17, 15) is 14.9 Å². The van der Waals surface area contributed by atoms with Gasteiger partial charge in [-0.3, -0.25) is 0 Å². The Hall–Kier alpha value is -1.86. The summed E-state index contributed by atoms with van der Waals surface area (Å²) in [5.74, 6) is -1.02. The second kappa shape index (κ2) is 5.73. The van der Waals surface area contributed by atoms with Crippen molar-refractivity contribution >= 4 is 11.9 Å². The summed E-state index contributed by atoms with van der Waals surface area (Å²) in [6, 6.07) is -0.859. The van der Waals surface area contributed by atoms with Gasteiger partial charge in [-0.2, -0.15) is 0 Å². The van der Waals surface area contributed by atoms with Gasteiger partial charge in [0.05, 0.1) is 6.61 Å². The molecule has 0 aliphatic rings. The van der Waals surface area contributed by atoms with Crippen molar-refractivity contribution in [2.45, 2.75) is 19.9 Å². The number of guanidine groups is 1. The molecule has 0 aromatic carbocycles. The van der Waals surface area contributed by atoms with Crippen LogP contribution < -0.4 is 11.2 Å². The minimum Gasteiger partial charge on any atom is -0.464 e. The summed E-state index contributed by atoms with van der Waals surface area (Å²) in [4.78, 5) is 24.4. The van der Waals surface area contributed by atoms with Crippen LogP contribution in [0.15, 0.2) is 4.99 Å². The van der Waals surface area contributed by atoms with Crippen LogP contribution in [0, 0.1) is 10.1 Å². The number of hydrazine groups is 1. The molecule has 0 rings (SSSR count). The van der Waals surface area contributed by atoms with Gasteiger partial charge in [0, 0.05) is 0 Å². The summed E-state index contributed by atoms with van der Waals surface area (Å²) < 4.78 is 4.61. The minimum atomic E-state index is -0.864. The van der Waals surface area contributed by atoms with Crippen molar-refractivity contribution < 1.29 is 14.6 Å². The topological polar surface area (TPSA) is 120 Å². The van der Waals surface area contributed by atoms with Crippen LogP contribution in [0.2, 0.25) is 0 Å². The first-order valence-corrected chi connectivity index (χ1v) is 3.88. The lowest BCUT2D eigenvalue weighted by atomic mass is 10.4. The van der Waals surface area contributed by atoms with E-state index in [0.29, 0.717) is 0 Å². The van der Waals surface area contributed by atoms with E-state index in [1.54, 1.807) is 12.3 Å². The number of aliphatic imine (C=N–C) groups is 1. The number of esters is 1. The molecule has 80 valence electrons. The van der Waals surface area contributed by atoms with E-state index >= 15 is 0 Å². The molecule has 0 heterocycles. The first-order valence-electron chi connectivity index (χ1n) is 3.88. The van der Waals surface area contributed by atoms with E-state index in [1.807, 2.05) is 0 Å². The standard InChI is InChI=1S/C6H12N4O4/c1-3-14-5(11)4(2)8-6(7)9-10(12)13/h4H,3H2,1-2H3,(H3,7,8,9)/t4-/m0/s1. The normalized spacial score (nSPS) is 13.1. The maximum atomic E-state index is 11.0. The predicted molar refractivity (Wildman–Crippen MR) is 47.8 cm³/mol. The highest BCUT2D eigenvalue weighted by molar-refractivity contribution is 5.82. The van der Waals surface area contributed by atoms with Gasteiger partial charge in [-0.15, -0.1) is 0 Å². The number of carbonyl (C=O) groups is 1. The molecule has 1 atom stereocenters. The lowest BCUT2D eigenvalue weighted by molar-refractivity contribution is -0.525. The summed E-state index contributed by atoms with van der Waals surface area (Å²) in [6.07, 6.45) is 0. The molecule has 0 unspecified atom stereocenters. The van der Waals surface area contributed by atoms with Crippen LogP contribution in [0.4, 0.5) is 0 Å². The van der Waals surface area contributed by atoms with E-state index in [2.05, 4.69) is 9.73 Å². The number of nitrogens with two attached hydrogens (primary N) is 1. The average Bonchev–Trinajstić information content (AvgIpc) is 2.02. The third kappa shape index (κ3) is 4.91. The average molecular weight is 204 g/mol. The molecule has 0 aliphatic carbocycles. The molecule has 0 bridgehead atoms. The molecule has 0 saturated heterocycles. The third-order valence-electron chi connectivity index (χ3n) is 1.17. The van der Waals surface area contributed by atoms with E-state index in [0.717, 1.165) is 0 Å². The molecule has 0 saturated carbocycles. The van der Waals surface area contributed by atoms with E-state index in [4.69, 9.17) is 5.73 Å². The zero-order valence-corrected chi connectivity index (χ0v) is 7.89. The molecule has 8 heteroatoms. The molecule has 0 aliphatic heterocycles. The van der Waals surface area contributed by atoms with Crippen LogP contribution in [0.1, 0.15) is 13.8 Å². The van der Waals surface area contributed by atoms with Crippen molar-refractivity contribution in [3.8, 4) is 0 Å². The second-order valence-corrected chi connectivity index (χ2v) is 2.31. The van der Waals surface area contributed by atoms with E-state index in [-0.39, 0.29) is 6.61 Å². The van der Waals surface area contributed by atoms with Crippen molar-refractivity contribution in [3.05, 3.63) is 10.1 Å². The molecule has 0 amide bonds. The Labute approximate surface area is 80.2 Å². The SMILES string of the molecule is CCOC(=O)[C@H](C)N=C(N)N[N+](=O)[O-]. The van der Waals surface area contributed by atoms with Crippen LogP contribution in [0.5, 0.6) is 0 Å². The number of nitrogens with one attached hydrogen (secondary N) is 1.